The number of thioether (sulfide) groups is 1. The molecular weight excluding hydrogens is 480 g/mol. The lowest BCUT2D eigenvalue weighted by Gasteiger charge is -2.57. The van der Waals surface area contributed by atoms with Crippen LogP contribution in [0.3, 0.4) is 0 Å². The number of likely N-dealkylation sites (tertiary alicyclic amines) is 1. The highest BCUT2D eigenvalue weighted by atomic mass is 32.2. The summed E-state index contributed by atoms with van der Waals surface area (Å²) < 4.78 is 0. The van der Waals surface area contributed by atoms with E-state index in [2.05, 4.69) is 28.1 Å². The number of aliphatic hydroxyl groups is 1. The van der Waals surface area contributed by atoms with Gasteiger partial charge in [0.1, 0.15) is 5.75 Å². The number of hydrogen-bond donors (Lipinski definition) is 2. The zero-order valence-electron chi connectivity index (χ0n) is 21.1. The Balaban J connectivity index is 1.16. The van der Waals surface area contributed by atoms with Crippen molar-refractivity contribution in [3.05, 3.63) is 58.5 Å². The number of nitrogens with zero attached hydrogens (tertiary/aromatic N) is 2. The van der Waals surface area contributed by atoms with E-state index in [1.807, 2.05) is 30.3 Å². The fraction of sp³-hybridized carbons (Fsp3) is 0.484. The standard InChI is InChI=1S/C31H34N2O3S/c34-18-25-5-2-8-33(25)30-32-29(36)28(37-30)13-19-3-1-4-23(12-19)24-6-7-27(35)26(14-24)31-15-20-9-21(16-31)11-22(10-20)17-31/h1,3-4,6-7,12-14,20-22,25,34-35H,2,5,8-11,15-18H2/b28-13+. The lowest BCUT2D eigenvalue weighted by molar-refractivity contribution is -0.113. The maximum atomic E-state index is 12.7. The molecule has 2 aromatic rings. The van der Waals surface area contributed by atoms with Crippen molar-refractivity contribution in [2.75, 3.05) is 13.2 Å². The average molecular weight is 515 g/mol. The van der Waals surface area contributed by atoms with Crippen molar-refractivity contribution < 1.29 is 15.0 Å². The van der Waals surface area contributed by atoms with E-state index in [9.17, 15) is 15.0 Å². The summed E-state index contributed by atoms with van der Waals surface area (Å²) in [6, 6.07) is 14.5. The van der Waals surface area contributed by atoms with E-state index in [4.69, 9.17) is 0 Å². The van der Waals surface area contributed by atoms with Gasteiger partial charge >= 0.3 is 0 Å². The summed E-state index contributed by atoms with van der Waals surface area (Å²) in [4.78, 5) is 19.7. The Bertz CT molecular complexity index is 1280. The Labute approximate surface area is 222 Å². The van der Waals surface area contributed by atoms with Gasteiger partial charge in [0.05, 0.1) is 17.6 Å². The normalized spacial score (nSPS) is 33.5. The Morgan fingerprint density at radius 3 is 2.49 bits per heavy atom. The first-order valence-corrected chi connectivity index (χ1v) is 14.7. The minimum Gasteiger partial charge on any atom is -0.508 e. The van der Waals surface area contributed by atoms with Gasteiger partial charge in [-0.15, -0.1) is 0 Å². The van der Waals surface area contributed by atoms with E-state index < -0.39 is 0 Å². The first-order valence-electron chi connectivity index (χ1n) is 13.8. The highest BCUT2D eigenvalue weighted by Gasteiger charge is 2.52. The van der Waals surface area contributed by atoms with Gasteiger partial charge in [-0.3, -0.25) is 4.79 Å². The Hall–Kier alpha value is -2.57. The molecule has 1 unspecified atom stereocenters. The summed E-state index contributed by atoms with van der Waals surface area (Å²) in [5, 5.41) is 21.4. The smallest absolute Gasteiger partial charge is 0.286 e. The van der Waals surface area contributed by atoms with Crippen LogP contribution in [0, 0.1) is 17.8 Å². The van der Waals surface area contributed by atoms with E-state index in [0.717, 1.165) is 59.4 Å². The van der Waals surface area contributed by atoms with Gasteiger partial charge in [0.15, 0.2) is 5.17 Å². The van der Waals surface area contributed by atoms with Gasteiger partial charge in [-0.2, -0.15) is 4.99 Å². The van der Waals surface area contributed by atoms with E-state index >= 15 is 0 Å². The molecular formula is C31H34N2O3S. The number of rotatable bonds is 4. The second kappa shape index (κ2) is 9.02. The second-order valence-electron chi connectivity index (χ2n) is 12.0. The van der Waals surface area contributed by atoms with E-state index in [1.165, 1.54) is 50.3 Å². The molecule has 1 atom stereocenters. The average Bonchev–Trinajstić information content (AvgIpc) is 3.50. The summed E-state index contributed by atoms with van der Waals surface area (Å²) in [6.07, 6.45) is 11.7. The zero-order chi connectivity index (χ0) is 25.1. The molecule has 5 nitrogen and oxygen atoms in total. The number of benzene rings is 2. The fourth-order valence-corrected chi connectivity index (χ4v) is 9.35. The molecule has 0 spiro atoms. The van der Waals surface area contributed by atoms with Crippen molar-refractivity contribution in [1.82, 2.24) is 4.90 Å². The molecule has 4 saturated carbocycles. The number of hydrogen-bond acceptors (Lipinski definition) is 5. The third-order valence-electron chi connectivity index (χ3n) is 9.57. The lowest BCUT2D eigenvalue weighted by atomic mass is 9.48. The fourth-order valence-electron chi connectivity index (χ4n) is 8.34. The third-order valence-corrected chi connectivity index (χ3v) is 10.6. The topological polar surface area (TPSA) is 73.1 Å². The Morgan fingerprint density at radius 2 is 1.76 bits per heavy atom. The van der Waals surface area contributed by atoms with Crippen LogP contribution in [0.25, 0.3) is 17.2 Å². The molecule has 1 amide bonds. The predicted molar refractivity (Wildman–Crippen MR) is 148 cm³/mol. The van der Waals surface area contributed by atoms with Crippen LogP contribution in [-0.2, 0) is 10.2 Å². The maximum Gasteiger partial charge on any atom is 0.286 e. The molecule has 6 heteroatoms. The number of phenols is 1. The van der Waals surface area contributed by atoms with Gasteiger partial charge in [-0.1, -0.05) is 24.3 Å². The Morgan fingerprint density at radius 1 is 1.03 bits per heavy atom. The number of phenolic OH excluding ortho intramolecular Hbond substituents is 1. The van der Waals surface area contributed by atoms with Crippen molar-refractivity contribution in [2.24, 2.45) is 22.7 Å². The van der Waals surface area contributed by atoms with Crippen LogP contribution in [0.2, 0.25) is 0 Å². The molecule has 192 valence electrons. The number of aliphatic hydroxyl groups excluding tert-OH is 1. The van der Waals surface area contributed by atoms with Gasteiger partial charge in [0.25, 0.3) is 5.91 Å². The summed E-state index contributed by atoms with van der Waals surface area (Å²) in [7, 11) is 0. The molecule has 1 saturated heterocycles. The second-order valence-corrected chi connectivity index (χ2v) is 13.0. The molecule has 8 rings (SSSR count). The molecule has 2 heterocycles. The number of carbonyl (C=O) groups is 1. The quantitative estimate of drug-likeness (QED) is 0.493. The highest BCUT2D eigenvalue weighted by Crippen LogP contribution is 2.62. The molecule has 4 bridgehead atoms. The molecule has 6 aliphatic rings. The van der Waals surface area contributed by atoms with Crippen LogP contribution in [0.15, 0.2) is 52.4 Å². The number of carbonyl (C=O) groups excluding carboxylic acids is 1. The molecule has 4 aliphatic carbocycles. The predicted octanol–water partition coefficient (Wildman–Crippen LogP) is 5.95. The summed E-state index contributed by atoms with van der Waals surface area (Å²) in [6.45, 7) is 0.923. The molecule has 2 aromatic carbocycles. The van der Waals surface area contributed by atoms with Crippen molar-refractivity contribution in [3.63, 3.8) is 0 Å². The van der Waals surface area contributed by atoms with Gasteiger partial charge in [-0.05, 0) is 127 Å². The molecule has 37 heavy (non-hydrogen) atoms. The van der Waals surface area contributed by atoms with Crippen LogP contribution >= 0.6 is 11.8 Å². The first kappa shape index (κ1) is 23.5. The van der Waals surface area contributed by atoms with Crippen LogP contribution in [-0.4, -0.2) is 45.4 Å². The minimum absolute atomic E-state index is 0.0550. The summed E-state index contributed by atoms with van der Waals surface area (Å²) in [5.41, 5.74) is 4.47. The lowest BCUT2D eigenvalue weighted by Crippen LogP contribution is -2.48. The van der Waals surface area contributed by atoms with Crippen molar-refractivity contribution in [1.29, 1.82) is 0 Å². The molecule has 5 fully saturated rings. The van der Waals surface area contributed by atoms with Crippen molar-refractivity contribution >= 4 is 28.9 Å². The van der Waals surface area contributed by atoms with E-state index in [1.54, 1.807) is 0 Å². The van der Waals surface area contributed by atoms with Crippen LogP contribution in [0.1, 0.15) is 62.5 Å². The summed E-state index contributed by atoms with van der Waals surface area (Å²) in [5.74, 6) is 2.72. The summed E-state index contributed by atoms with van der Waals surface area (Å²) >= 11 is 1.41. The monoisotopic (exact) mass is 514 g/mol. The highest BCUT2D eigenvalue weighted by molar-refractivity contribution is 8.18. The first-order chi connectivity index (χ1) is 18.0. The van der Waals surface area contributed by atoms with Crippen LogP contribution in [0.5, 0.6) is 5.75 Å². The SMILES string of the molecule is O=C1N=C(N2CCCC2CO)S/C1=C/c1cccc(-c2ccc(O)c(C34CC5CC(CC(C5)C3)C4)c2)c1. The number of amidine groups is 1. The van der Waals surface area contributed by atoms with Gasteiger partial charge in [0.2, 0.25) is 0 Å². The van der Waals surface area contributed by atoms with Gasteiger partial charge in [-0.25, -0.2) is 0 Å². The van der Waals surface area contributed by atoms with Crippen molar-refractivity contribution in [3.8, 4) is 16.9 Å². The molecule has 2 aliphatic heterocycles. The third kappa shape index (κ3) is 4.13. The maximum absolute atomic E-state index is 12.7. The zero-order valence-corrected chi connectivity index (χ0v) is 21.9. The Kier molecular flexibility index (Phi) is 5.74. The molecule has 0 aromatic heterocycles. The van der Waals surface area contributed by atoms with E-state index in [0.29, 0.717) is 15.8 Å². The number of aromatic hydroxyl groups is 1. The van der Waals surface area contributed by atoms with Crippen LogP contribution in [0.4, 0.5) is 0 Å². The van der Waals surface area contributed by atoms with Gasteiger partial charge < -0.3 is 15.1 Å². The van der Waals surface area contributed by atoms with E-state index in [-0.39, 0.29) is 24.0 Å². The van der Waals surface area contributed by atoms with Crippen LogP contribution < -0.4 is 0 Å². The number of aliphatic imine (C=N–C) groups is 1. The van der Waals surface area contributed by atoms with Crippen molar-refractivity contribution in [2.45, 2.75) is 62.8 Å². The minimum atomic E-state index is -0.206. The van der Waals surface area contributed by atoms with Gasteiger partial charge in [0, 0.05) is 12.1 Å². The molecule has 0 radical (unpaired) electrons. The molecule has 2 N–H and O–H groups in total. The largest absolute Gasteiger partial charge is 0.508 e. The number of amides is 1.